The minimum Gasteiger partial charge on any atom is -0.378 e. The lowest BCUT2D eigenvalue weighted by atomic mass is 10.1. The van der Waals surface area contributed by atoms with Crippen molar-refractivity contribution in [1.29, 1.82) is 5.26 Å². The van der Waals surface area contributed by atoms with Crippen molar-refractivity contribution >= 4 is 36.8 Å². The Hall–Kier alpha value is -2.43. The molecule has 0 aliphatic carbocycles. The van der Waals surface area contributed by atoms with Crippen molar-refractivity contribution in [2.24, 2.45) is 0 Å². The smallest absolute Gasteiger partial charge is 0.339 e. The minimum atomic E-state index is -4.20. The monoisotopic (exact) mass is 405 g/mol. The number of hydrogen-bond acceptors (Lipinski definition) is 4. The van der Waals surface area contributed by atoms with Crippen LogP contribution >= 0.6 is 15.9 Å². The van der Waals surface area contributed by atoms with Gasteiger partial charge in [-0.25, -0.2) is 4.39 Å². The molecule has 4 nitrogen and oxygen atoms in total. The lowest BCUT2D eigenvalue weighted by Crippen LogP contribution is -2.10. The highest BCUT2D eigenvalue weighted by atomic mass is 79.9. The van der Waals surface area contributed by atoms with Gasteiger partial charge >= 0.3 is 10.1 Å². The highest BCUT2D eigenvalue weighted by Gasteiger charge is 2.20. The first-order chi connectivity index (χ1) is 11.4. The van der Waals surface area contributed by atoms with E-state index in [1.165, 1.54) is 6.07 Å². The van der Waals surface area contributed by atoms with Crippen molar-refractivity contribution in [3.8, 4) is 11.8 Å². The number of rotatable bonds is 3. The van der Waals surface area contributed by atoms with Gasteiger partial charge in [-0.05, 0) is 51.0 Å². The predicted molar refractivity (Wildman–Crippen MR) is 90.6 cm³/mol. The first-order valence-electron chi connectivity index (χ1n) is 6.74. The van der Waals surface area contributed by atoms with Crippen molar-refractivity contribution in [1.82, 2.24) is 0 Å². The van der Waals surface area contributed by atoms with Crippen molar-refractivity contribution in [2.45, 2.75) is 4.90 Å². The minimum absolute atomic E-state index is 0.108. The van der Waals surface area contributed by atoms with Gasteiger partial charge in [0, 0.05) is 0 Å². The van der Waals surface area contributed by atoms with Gasteiger partial charge < -0.3 is 4.18 Å². The fourth-order valence-electron chi connectivity index (χ4n) is 2.19. The maximum Gasteiger partial charge on any atom is 0.339 e. The normalized spacial score (nSPS) is 11.2. The second-order valence-corrected chi connectivity index (χ2v) is 7.23. The SMILES string of the molecule is N#Cc1cc(S(=O)(=O)Oc2ccc3ccccc3c2Br)ccc1F. The Balaban J connectivity index is 2.04. The summed E-state index contributed by atoms with van der Waals surface area (Å²) >= 11 is 3.35. The number of nitrogens with zero attached hydrogens (tertiary/aromatic N) is 1. The Morgan fingerprint density at radius 3 is 2.58 bits per heavy atom. The number of halogens is 2. The fraction of sp³-hybridized carbons (Fsp3) is 0. The summed E-state index contributed by atoms with van der Waals surface area (Å²) in [6, 6.07) is 15.2. The molecule has 0 heterocycles. The summed E-state index contributed by atoms with van der Waals surface area (Å²) in [5.41, 5.74) is -0.364. The van der Waals surface area contributed by atoms with E-state index >= 15 is 0 Å². The van der Waals surface area contributed by atoms with Crippen LogP contribution in [0.4, 0.5) is 4.39 Å². The molecule has 0 amide bonds. The van der Waals surface area contributed by atoms with Gasteiger partial charge in [0.25, 0.3) is 0 Å². The van der Waals surface area contributed by atoms with Gasteiger partial charge in [-0.2, -0.15) is 13.7 Å². The van der Waals surface area contributed by atoms with Crippen LogP contribution in [-0.2, 0) is 10.1 Å². The topological polar surface area (TPSA) is 67.2 Å². The van der Waals surface area contributed by atoms with Crippen LogP contribution in [0.3, 0.4) is 0 Å². The van der Waals surface area contributed by atoms with Gasteiger partial charge in [-0.3, -0.25) is 0 Å². The highest BCUT2D eigenvalue weighted by Crippen LogP contribution is 2.34. The Morgan fingerprint density at radius 1 is 1.08 bits per heavy atom. The van der Waals surface area contributed by atoms with E-state index in [0.29, 0.717) is 4.47 Å². The predicted octanol–water partition coefficient (Wildman–Crippen LogP) is 4.38. The zero-order valence-corrected chi connectivity index (χ0v) is 14.4. The molecule has 0 unspecified atom stereocenters. The molecule has 0 spiro atoms. The van der Waals surface area contributed by atoms with Crippen LogP contribution in [0.15, 0.2) is 64.0 Å². The Kier molecular flexibility index (Phi) is 4.26. The number of fused-ring (bicyclic) bond motifs is 1. The summed E-state index contributed by atoms with van der Waals surface area (Å²) in [6.07, 6.45) is 0. The van der Waals surface area contributed by atoms with E-state index in [-0.39, 0.29) is 16.2 Å². The molecule has 0 fully saturated rings. The third-order valence-electron chi connectivity index (χ3n) is 3.37. The van der Waals surface area contributed by atoms with E-state index in [9.17, 15) is 12.8 Å². The maximum absolute atomic E-state index is 13.4. The van der Waals surface area contributed by atoms with Crippen LogP contribution in [0.5, 0.6) is 5.75 Å². The molecular weight excluding hydrogens is 397 g/mol. The first-order valence-corrected chi connectivity index (χ1v) is 8.94. The molecule has 0 saturated carbocycles. The summed E-state index contributed by atoms with van der Waals surface area (Å²) in [5, 5.41) is 10.5. The molecule has 7 heteroatoms. The Bertz CT molecular complexity index is 1090. The molecule has 0 atom stereocenters. The third-order valence-corrected chi connectivity index (χ3v) is 5.42. The van der Waals surface area contributed by atoms with Crippen molar-refractivity contribution in [3.05, 3.63) is 70.5 Å². The molecule has 3 aromatic carbocycles. The van der Waals surface area contributed by atoms with Crippen molar-refractivity contribution < 1.29 is 17.0 Å². The molecule has 0 aliphatic rings. The quantitative estimate of drug-likeness (QED) is 0.606. The number of hydrogen-bond donors (Lipinski definition) is 0. The second-order valence-electron chi connectivity index (χ2n) is 4.89. The molecule has 24 heavy (non-hydrogen) atoms. The average Bonchev–Trinajstić information content (AvgIpc) is 2.58. The summed E-state index contributed by atoms with van der Waals surface area (Å²) < 4.78 is 43.8. The molecule has 0 aliphatic heterocycles. The van der Waals surface area contributed by atoms with E-state index < -0.39 is 15.9 Å². The zero-order valence-electron chi connectivity index (χ0n) is 12.0. The van der Waals surface area contributed by atoms with Crippen LogP contribution in [0.25, 0.3) is 10.8 Å². The lowest BCUT2D eigenvalue weighted by Gasteiger charge is -2.11. The Morgan fingerprint density at radius 2 is 1.83 bits per heavy atom. The molecule has 0 radical (unpaired) electrons. The van der Waals surface area contributed by atoms with E-state index in [4.69, 9.17) is 9.44 Å². The van der Waals surface area contributed by atoms with E-state index in [1.54, 1.807) is 12.1 Å². The van der Waals surface area contributed by atoms with Gasteiger partial charge in [0.1, 0.15) is 16.8 Å². The van der Waals surface area contributed by atoms with Crippen LogP contribution in [-0.4, -0.2) is 8.42 Å². The van der Waals surface area contributed by atoms with E-state index in [2.05, 4.69) is 15.9 Å². The highest BCUT2D eigenvalue weighted by molar-refractivity contribution is 9.10. The van der Waals surface area contributed by atoms with Gasteiger partial charge in [0.15, 0.2) is 5.75 Å². The zero-order chi connectivity index (χ0) is 17.3. The molecular formula is C17H9BrFNO3S. The lowest BCUT2D eigenvalue weighted by molar-refractivity contribution is 0.484. The van der Waals surface area contributed by atoms with Crippen molar-refractivity contribution in [3.63, 3.8) is 0 Å². The summed E-state index contributed by atoms with van der Waals surface area (Å²) in [6.45, 7) is 0. The van der Waals surface area contributed by atoms with Crippen LogP contribution in [0.2, 0.25) is 0 Å². The molecule has 0 aromatic heterocycles. The van der Waals surface area contributed by atoms with E-state index in [0.717, 1.165) is 29.0 Å². The molecule has 3 rings (SSSR count). The average molecular weight is 406 g/mol. The molecule has 0 bridgehead atoms. The third kappa shape index (κ3) is 2.98. The molecule has 120 valence electrons. The van der Waals surface area contributed by atoms with Gasteiger partial charge in [0.05, 0.1) is 10.0 Å². The van der Waals surface area contributed by atoms with Crippen LogP contribution in [0.1, 0.15) is 5.56 Å². The van der Waals surface area contributed by atoms with Gasteiger partial charge in [-0.1, -0.05) is 30.3 Å². The first kappa shape index (κ1) is 16.4. The van der Waals surface area contributed by atoms with Crippen molar-refractivity contribution in [2.75, 3.05) is 0 Å². The molecule has 0 saturated heterocycles. The summed E-state index contributed by atoms with van der Waals surface area (Å²) in [4.78, 5) is -0.291. The van der Waals surface area contributed by atoms with Crippen LogP contribution in [0, 0.1) is 17.1 Å². The fourth-order valence-corrected chi connectivity index (χ4v) is 3.84. The Labute approximate surface area is 146 Å². The summed E-state index contributed by atoms with van der Waals surface area (Å²) in [5.74, 6) is -0.681. The largest absolute Gasteiger partial charge is 0.378 e. The second kappa shape index (κ2) is 6.23. The maximum atomic E-state index is 13.4. The van der Waals surface area contributed by atoms with Gasteiger partial charge in [0.2, 0.25) is 0 Å². The summed E-state index contributed by atoms with van der Waals surface area (Å²) in [7, 11) is -4.20. The molecule has 3 aromatic rings. The number of nitriles is 1. The molecule has 0 N–H and O–H groups in total. The van der Waals surface area contributed by atoms with Crippen LogP contribution < -0.4 is 4.18 Å². The van der Waals surface area contributed by atoms with E-state index in [1.807, 2.05) is 24.3 Å². The number of benzene rings is 3. The standard InChI is InChI=1S/C17H9BrFNO3S/c18-17-14-4-2-1-3-11(14)5-8-16(17)23-24(21,22)13-6-7-15(19)12(9-13)10-20/h1-9H. The van der Waals surface area contributed by atoms with Gasteiger partial charge in [-0.15, -0.1) is 0 Å².